The topological polar surface area (TPSA) is 55.6 Å². The Balaban J connectivity index is 0.00000225. The lowest BCUT2D eigenvalue weighted by Gasteiger charge is -2.24. The first kappa shape index (κ1) is 15.7. The van der Waals surface area contributed by atoms with Crippen molar-refractivity contribution in [3.63, 3.8) is 0 Å². The highest BCUT2D eigenvalue weighted by Gasteiger charge is 2.33. The lowest BCUT2D eigenvalue weighted by molar-refractivity contribution is -0.143. The van der Waals surface area contributed by atoms with Crippen molar-refractivity contribution in [1.29, 1.82) is 0 Å². The van der Waals surface area contributed by atoms with Gasteiger partial charge in [-0.1, -0.05) is 0 Å². The highest BCUT2D eigenvalue weighted by Crippen LogP contribution is 2.23. The average Bonchev–Trinajstić information content (AvgIpc) is 2.59. The van der Waals surface area contributed by atoms with Gasteiger partial charge in [-0.3, -0.25) is 4.79 Å². The zero-order valence-corrected chi connectivity index (χ0v) is 11.1. The number of carbonyl (C=O) groups is 1. The Morgan fingerprint density at radius 3 is 2.69 bits per heavy atom. The molecule has 1 saturated heterocycles. The maximum absolute atomic E-state index is 12.0. The molecule has 3 unspecified atom stereocenters. The van der Waals surface area contributed by atoms with Crippen LogP contribution in [0.4, 0.5) is 0 Å². The van der Waals surface area contributed by atoms with Crippen molar-refractivity contribution < 1.29 is 9.53 Å². The van der Waals surface area contributed by atoms with Gasteiger partial charge in [0, 0.05) is 19.2 Å². The van der Waals surface area contributed by atoms with Crippen molar-refractivity contribution in [2.45, 2.75) is 39.3 Å². The number of amides is 1. The molecule has 0 aromatic carbocycles. The van der Waals surface area contributed by atoms with Crippen LogP contribution in [0.15, 0.2) is 0 Å². The lowest BCUT2D eigenvalue weighted by Crippen LogP contribution is -2.41. The van der Waals surface area contributed by atoms with Gasteiger partial charge in [0.15, 0.2) is 0 Å². The van der Waals surface area contributed by atoms with Gasteiger partial charge < -0.3 is 15.4 Å². The second-order valence-electron chi connectivity index (χ2n) is 4.27. The number of nitrogens with two attached hydrogens (primary N) is 1. The van der Waals surface area contributed by atoms with Gasteiger partial charge in [-0.2, -0.15) is 0 Å². The standard InChI is InChI=1S/C11H22N2O2.ClH/c1-4-15-9(3)11(14)13-7-10(6-12)5-8(13)2;/h8-10H,4-7,12H2,1-3H3;1H. The molecule has 1 aliphatic heterocycles. The molecular formula is C11H23ClN2O2. The highest BCUT2D eigenvalue weighted by atomic mass is 35.5. The molecule has 4 nitrogen and oxygen atoms in total. The quantitative estimate of drug-likeness (QED) is 0.811. The van der Waals surface area contributed by atoms with Crippen LogP contribution in [0, 0.1) is 5.92 Å². The Kier molecular flexibility index (Phi) is 6.95. The van der Waals surface area contributed by atoms with E-state index in [1.54, 1.807) is 0 Å². The number of rotatable bonds is 4. The third-order valence-electron chi connectivity index (χ3n) is 3.04. The molecule has 1 rings (SSSR count). The molecule has 1 aliphatic rings. The second kappa shape index (κ2) is 7.09. The smallest absolute Gasteiger partial charge is 0.251 e. The van der Waals surface area contributed by atoms with Crippen molar-refractivity contribution in [1.82, 2.24) is 4.90 Å². The molecule has 1 heterocycles. The van der Waals surface area contributed by atoms with Gasteiger partial charge in [0.1, 0.15) is 6.10 Å². The maximum atomic E-state index is 12.0. The van der Waals surface area contributed by atoms with Gasteiger partial charge in [-0.15, -0.1) is 12.4 Å². The Labute approximate surface area is 104 Å². The number of halogens is 1. The van der Waals surface area contributed by atoms with E-state index in [0.717, 1.165) is 13.0 Å². The van der Waals surface area contributed by atoms with Gasteiger partial charge in [-0.25, -0.2) is 0 Å². The minimum Gasteiger partial charge on any atom is -0.369 e. The van der Waals surface area contributed by atoms with Gasteiger partial charge >= 0.3 is 0 Å². The predicted molar refractivity (Wildman–Crippen MR) is 66.7 cm³/mol. The van der Waals surface area contributed by atoms with Crippen LogP contribution in [0.5, 0.6) is 0 Å². The first-order valence-electron chi connectivity index (χ1n) is 5.72. The van der Waals surface area contributed by atoms with E-state index in [0.29, 0.717) is 25.1 Å². The molecule has 5 heteroatoms. The van der Waals surface area contributed by atoms with Crippen LogP contribution in [0.2, 0.25) is 0 Å². The summed E-state index contributed by atoms with van der Waals surface area (Å²) in [5, 5.41) is 0. The lowest BCUT2D eigenvalue weighted by atomic mass is 10.1. The van der Waals surface area contributed by atoms with E-state index in [1.165, 1.54) is 0 Å². The van der Waals surface area contributed by atoms with Crippen molar-refractivity contribution in [2.75, 3.05) is 19.7 Å². The predicted octanol–water partition coefficient (Wildman–Crippen LogP) is 1.03. The first-order valence-corrected chi connectivity index (χ1v) is 5.72. The normalized spacial score (nSPS) is 26.4. The summed E-state index contributed by atoms with van der Waals surface area (Å²) in [6.07, 6.45) is 0.690. The minimum atomic E-state index is -0.325. The SMILES string of the molecule is CCOC(C)C(=O)N1CC(CN)CC1C.Cl. The Bertz CT molecular complexity index is 226. The van der Waals surface area contributed by atoms with Crippen molar-refractivity contribution in [2.24, 2.45) is 11.7 Å². The van der Waals surface area contributed by atoms with E-state index < -0.39 is 0 Å². The molecule has 2 N–H and O–H groups in total. The Hall–Kier alpha value is -0.320. The van der Waals surface area contributed by atoms with Gasteiger partial charge in [0.2, 0.25) is 0 Å². The fourth-order valence-corrected chi connectivity index (χ4v) is 2.18. The molecule has 1 fully saturated rings. The Morgan fingerprint density at radius 1 is 1.62 bits per heavy atom. The van der Waals surface area contributed by atoms with Crippen LogP contribution in [0.25, 0.3) is 0 Å². The van der Waals surface area contributed by atoms with Crippen LogP contribution in [0.3, 0.4) is 0 Å². The van der Waals surface area contributed by atoms with E-state index >= 15 is 0 Å². The van der Waals surface area contributed by atoms with Crippen LogP contribution in [0.1, 0.15) is 27.2 Å². The molecule has 0 aromatic heterocycles. The number of hydrogen-bond donors (Lipinski definition) is 1. The molecule has 0 aromatic rings. The fourth-order valence-electron chi connectivity index (χ4n) is 2.18. The number of ether oxygens (including phenoxy) is 1. The van der Waals surface area contributed by atoms with Crippen molar-refractivity contribution >= 4 is 18.3 Å². The third-order valence-corrected chi connectivity index (χ3v) is 3.04. The molecule has 0 bridgehead atoms. The van der Waals surface area contributed by atoms with E-state index in [4.69, 9.17) is 10.5 Å². The molecule has 96 valence electrons. The third kappa shape index (κ3) is 3.61. The fraction of sp³-hybridized carbons (Fsp3) is 0.909. The van der Waals surface area contributed by atoms with Crippen LogP contribution >= 0.6 is 12.4 Å². The number of likely N-dealkylation sites (tertiary alicyclic amines) is 1. The summed E-state index contributed by atoms with van der Waals surface area (Å²) in [5.41, 5.74) is 5.62. The average molecular weight is 251 g/mol. The molecule has 0 radical (unpaired) electrons. The van der Waals surface area contributed by atoms with E-state index in [1.807, 2.05) is 18.7 Å². The molecule has 16 heavy (non-hydrogen) atoms. The zero-order valence-electron chi connectivity index (χ0n) is 10.3. The number of nitrogens with zero attached hydrogens (tertiary/aromatic N) is 1. The molecule has 0 saturated carbocycles. The minimum absolute atomic E-state index is 0. The summed E-state index contributed by atoms with van der Waals surface area (Å²) in [4.78, 5) is 13.9. The molecular weight excluding hydrogens is 228 g/mol. The van der Waals surface area contributed by atoms with Gasteiger partial charge in [0.25, 0.3) is 5.91 Å². The van der Waals surface area contributed by atoms with Crippen LogP contribution < -0.4 is 5.73 Å². The summed E-state index contributed by atoms with van der Waals surface area (Å²) in [6, 6.07) is 0.300. The monoisotopic (exact) mass is 250 g/mol. The summed E-state index contributed by atoms with van der Waals surface area (Å²) < 4.78 is 5.31. The molecule has 1 amide bonds. The molecule has 3 atom stereocenters. The van der Waals surface area contributed by atoms with Crippen LogP contribution in [-0.4, -0.2) is 42.6 Å². The maximum Gasteiger partial charge on any atom is 0.251 e. The summed E-state index contributed by atoms with van der Waals surface area (Å²) in [6.45, 7) is 7.82. The summed E-state index contributed by atoms with van der Waals surface area (Å²) >= 11 is 0. The van der Waals surface area contributed by atoms with Gasteiger partial charge in [-0.05, 0) is 39.7 Å². The van der Waals surface area contributed by atoms with E-state index in [2.05, 4.69) is 6.92 Å². The number of carbonyl (C=O) groups excluding carboxylic acids is 1. The van der Waals surface area contributed by atoms with Gasteiger partial charge in [0.05, 0.1) is 0 Å². The number of hydrogen-bond acceptors (Lipinski definition) is 3. The van der Waals surface area contributed by atoms with Crippen molar-refractivity contribution in [3.8, 4) is 0 Å². The van der Waals surface area contributed by atoms with Crippen LogP contribution in [-0.2, 0) is 9.53 Å². The second-order valence-corrected chi connectivity index (χ2v) is 4.27. The first-order chi connectivity index (χ1) is 7.10. The van der Waals surface area contributed by atoms with Crippen molar-refractivity contribution in [3.05, 3.63) is 0 Å². The molecule has 0 aliphatic carbocycles. The summed E-state index contributed by atoms with van der Waals surface area (Å²) in [5.74, 6) is 0.554. The molecule has 0 spiro atoms. The zero-order chi connectivity index (χ0) is 11.4. The summed E-state index contributed by atoms with van der Waals surface area (Å²) in [7, 11) is 0. The Morgan fingerprint density at radius 2 is 2.25 bits per heavy atom. The highest BCUT2D eigenvalue weighted by molar-refractivity contribution is 5.85. The van der Waals surface area contributed by atoms with E-state index in [-0.39, 0.29) is 24.4 Å². The largest absolute Gasteiger partial charge is 0.369 e. The van der Waals surface area contributed by atoms with E-state index in [9.17, 15) is 4.79 Å².